The van der Waals surface area contributed by atoms with Crippen LogP contribution < -0.4 is 22.9 Å². The molecule has 2 rings (SSSR count). The molecule has 0 saturated carbocycles. The molecule has 18 heteroatoms. The summed E-state index contributed by atoms with van der Waals surface area (Å²) < 4.78 is 0. The number of rotatable bonds is 11. The highest BCUT2D eigenvalue weighted by Gasteiger charge is 2.26. The molecule has 240 valence electrons. The van der Waals surface area contributed by atoms with E-state index in [-0.39, 0.29) is 81.8 Å². The van der Waals surface area contributed by atoms with Crippen molar-refractivity contribution in [3.8, 4) is 0 Å². The Labute approximate surface area is 276 Å². The number of carbonyl (C=O) groups is 4. The second-order valence-corrected chi connectivity index (χ2v) is 9.53. The molecule has 0 aromatic heterocycles. The van der Waals surface area contributed by atoms with Gasteiger partial charge in [-0.05, 0) is 36.3 Å². The van der Waals surface area contributed by atoms with Crippen molar-refractivity contribution in [3.05, 3.63) is 29.8 Å². The van der Waals surface area contributed by atoms with Gasteiger partial charge in [0.2, 0.25) is 23.6 Å². The molecule has 1 saturated heterocycles. The number of halogens is 4. The molecule has 0 bridgehead atoms. The van der Waals surface area contributed by atoms with Crippen LogP contribution in [-0.2, 0) is 25.6 Å². The van der Waals surface area contributed by atoms with Crippen LogP contribution >= 0.6 is 61.8 Å². The number of nitrogens with zero attached hydrogens (tertiary/aromatic N) is 5. The van der Waals surface area contributed by atoms with Gasteiger partial charge in [-0.15, -0.1) is 49.6 Å². The van der Waals surface area contributed by atoms with E-state index in [1.165, 1.54) is 0 Å². The van der Waals surface area contributed by atoms with Gasteiger partial charge in [-0.3, -0.25) is 38.8 Å². The monoisotopic (exact) mass is 691 g/mol. The Bertz CT molecular complexity index is 1040. The van der Waals surface area contributed by atoms with Crippen molar-refractivity contribution in [2.24, 2.45) is 27.9 Å². The van der Waals surface area contributed by atoms with Crippen LogP contribution in [0.2, 0.25) is 0 Å². The first-order valence-corrected chi connectivity index (χ1v) is 12.7. The van der Waals surface area contributed by atoms with Crippen molar-refractivity contribution in [1.29, 1.82) is 0 Å². The summed E-state index contributed by atoms with van der Waals surface area (Å²) in [5.41, 5.74) is 23.7. The van der Waals surface area contributed by atoms with Gasteiger partial charge in [0, 0.05) is 51.9 Å². The van der Waals surface area contributed by atoms with E-state index in [1.54, 1.807) is 0 Å². The Hall–Kier alpha value is -2.10. The van der Waals surface area contributed by atoms with Gasteiger partial charge in [0.05, 0.1) is 37.0 Å². The fourth-order valence-corrected chi connectivity index (χ4v) is 4.61. The Morgan fingerprint density at radius 2 is 1.10 bits per heavy atom. The minimum atomic E-state index is -0.497. The van der Waals surface area contributed by atoms with Crippen LogP contribution in [-0.4, -0.2) is 126 Å². The molecule has 1 heterocycles. The first-order chi connectivity index (χ1) is 18.0. The van der Waals surface area contributed by atoms with Crippen molar-refractivity contribution in [3.63, 3.8) is 0 Å². The lowest BCUT2D eigenvalue weighted by molar-refractivity contribution is -0.122. The van der Waals surface area contributed by atoms with Crippen molar-refractivity contribution >= 4 is 96.3 Å². The molecule has 0 spiro atoms. The molecular weight excluding hydrogens is 652 g/mol. The third-order valence-corrected chi connectivity index (χ3v) is 6.32. The number of benzene rings is 1. The number of amides is 4. The largest absolute Gasteiger partial charge is 0.369 e. The Morgan fingerprint density at radius 3 is 1.52 bits per heavy atom. The van der Waals surface area contributed by atoms with Crippen molar-refractivity contribution in [1.82, 2.24) is 19.6 Å². The van der Waals surface area contributed by atoms with Gasteiger partial charge in [-0.2, -0.15) is 4.99 Å². The topological polar surface area (TPSA) is 198 Å². The lowest BCUT2D eigenvalue weighted by Gasteiger charge is -2.38. The van der Waals surface area contributed by atoms with Gasteiger partial charge in [0.15, 0.2) is 0 Å². The number of hydrogen-bond donors (Lipinski definition) is 4. The van der Waals surface area contributed by atoms with E-state index >= 15 is 0 Å². The first-order valence-electron chi connectivity index (χ1n) is 12.3. The highest BCUT2D eigenvalue weighted by Crippen LogP contribution is 2.17. The third kappa shape index (κ3) is 17.8. The summed E-state index contributed by atoms with van der Waals surface area (Å²) in [6, 6.07) is 7.23. The van der Waals surface area contributed by atoms with Gasteiger partial charge < -0.3 is 22.9 Å². The number of nitrogens with two attached hydrogens (primary N) is 4. The SMILES string of the molecule is Cl.Cl.Cl.Cl.NC(=O)CN1CCN(CC(N)=O)CCN(CC(N)=O)[C@@H](Cc2ccc(N=C=S)cc2)CN(CC(N)=O)CC1. The van der Waals surface area contributed by atoms with Crippen molar-refractivity contribution < 1.29 is 19.2 Å². The summed E-state index contributed by atoms with van der Waals surface area (Å²) in [7, 11) is 0. The molecule has 13 nitrogen and oxygen atoms in total. The third-order valence-electron chi connectivity index (χ3n) is 6.23. The standard InChI is InChI=1S/C24H37N9O4S.4ClH/c25-21(34)13-30-5-6-31(14-22(26)35)9-10-33(16-24(28)37)20(12-32(8-7-30)15-23(27)36)11-18-1-3-19(4-2-18)29-17-38;;;;/h1-4,20H,5-16H2,(H2,25,34)(H2,26,35)(H2,27,36)(H2,28,37);4*1H/t20-;;;;/m0..../s1. The maximum absolute atomic E-state index is 12.0. The number of aliphatic imine (C=N–C) groups is 1. The minimum absolute atomic E-state index is 0. The number of thiocarbonyl (C=S) groups is 1. The van der Waals surface area contributed by atoms with E-state index in [0.29, 0.717) is 57.9 Å². The van der Waals surface area contributed by atoms with Gasteiger partial charge in [0.25, 0.3) is 0 Å². The van der Waals surface area contributed by atoms with E-state index in [9.17, 15) is 19.2 Å². The molecule has 1 atom stereocenters. The maximum atomic E-state index is 12.0. The molecule has 1 aliphatic heterocycles. The fraction of sp³-hybridized carbons (Fsp3) is 0.542. The second-order valence-electron chi connectivity index (χ2n) is 9.35. The summed E-state index contributed by atoms with van der Waals surface area (Å²) in [5.74, 6) is -1.95. The number of carbonyl (C=O) groups excluding carboxylic acids is 4. The molecule has 0 unspecified atom stereocenters. The average molecular weight is 694 g/mol. The molecule has 8 N–H and O–H groups in total. The zero-order chi connectivity index (χ0) is 28.1. The van der Waals surface area contributed by atoms with Gasteiger partial charge in [0.1, 0.15) is 0 Å². The zero-order valence-corrected chi connectivity index (χ0v) is 27.2. The predicted octanol–water partition coefficient (Wildman–Crippen LogP) is -0.818. The van der Waals surface area contributed by atoms with Crippen molar-refractivity contribution in [2.45, 2.75) is 12.5 Å². The summed E-state index contributed by atoms with van der Waals surface area (Å²) in [6.45, 7) is 3.04. The van der Waals surface area contributed by atoms with Crippen LogP contribution in [0.4, 0.5) is 5.69 Å². The highest BCUT2D eigenvalue weighted by molar-refractivity contribution is 7.78. The zero-order valence-electron chi connectivity index (χ0n) is 23.1. The minimum Gasteiger partial charge on any atom is -0.369 e. The van der Waals surface area contributed by atoms with Gasteiger partial charge in [-0.25, -0.2) is 0 Å². The Morgan fingerprint density at radius 1 is 0.690 bits per heavy atom. The highest BCUT2D eigenvalue weighted by atomic mass is 35.5. The van der Waals surface area contributed by atoms with Crippen LogP contribution in [0.15, 0.2) is 29.3 Å². The number of hydrogen-bond acceptors (Lipinski definition) is 10. The average Bonchev–Trinajstić information content (AvgIpc) is 2.82. The Kier molecular flexibility index (Phi) is 24.7. The first kappa shape index (κ1) is 44.3. The molecule has 0 radical (unpaired) electrons. The van der Waals surface area contributed by atoms with Gasteiger partial charge in [-0.1, -0.05) is 12.1 Å². The van der Waals surface area contributed by atoms with Crippen LogP contribution in [0.25, 0.3) is 0 Å². The molecular formula is C24H41Cl4N9O4S. The second kappa shape index (κ2) is 23.4. The lowest BCUT2D eigenvalue weighted by atomic mass is 10.0. The van der Waals surface area contributed by atoms with E-state index in [0.717, 1.165) is 5.56 Å². The molecule has 1 fully saturated rings. The summed E-state index contributed by atoms with van der Waals surface area (Å²) in [4.78, 5) is 58.9. The quantitative estimate of drug-likeness (QED) is 0.169. The van der Waals surface area contributed by atoms with Crippen LogP contribution in [0.5, 0.6) is 0 Å². The maximum Gasteiger partial charge on any atom is 0.231 e. The fourth-order valence-electron chi connectivity index (χ4n) is 4.50. The van der Waals surface area contributed by atoms with E-state index in [4.69, 9.17) is 22.9 Å². The molecule has 0 aliphatic carbocycles. The molecule has 1 aromatic rings. The smallest absolute Gasteiger partial charge is 0.231 e. The summed E-state index contributed by atoms with van der Waals surface area (Å²) in [5, 5.41) is 2.34. The van der Waals surface area contributed by atoms with E-state index < -0.39 is 23.6 Å². The van der Waals surface area contributed by atoms with Crippen LogP contribution in [0.3, 0.4) is 0 Å². The molecule has 1 aromatic carbocycles. The summed E-state index contributed by atoms with van der Waals surface area (Å²) in [6.07, 6.45) is 0.533. The lowest BCUT2D eigenvalue weighted by Crippen LogP contribution is -2.54. The molecule has 4 amide bonds. The van der Waals surface area contributed by atoms with Crippen molar-refractivity contribution in [2.75, 3.05) is 72.0 Å². The predicted molar refractivity (Wildman–Crippen MR) is 175 cm³/mol. The Balaban J connectivity index is -0.00000380. The van der Waals surface area contributed by atoms with Crippen LogP contribution in [0.1, 0.15) is 5.56 Å². The normalized spacial score (nSPS) is 17.2. The van der Waals surface area contributed by atoms with Crippen LogP contribution in [0, 0.1) is 0 Å². The van der Waals surface area contributed by atoms with E-state index in [1.807, 2.05) is 43.9 Å². The summed E-state index contributed by atoms with van der Waals surface area (Å²) >= 11 is 4.67. The van der Waals surface area contributed by atoms with E-state index in [2.05, 4.69) is 22.4 Å². The molecule has 42 heavy (non-hydrogen) atoms. The molecule has 1 aliphatic rings. The number of primary amides is 4. The number of isothiocyanates is 1. The van der Waals surface area contributed by atoms with Gasteiger partial charge >= 0.3 is 0 Å².